The summed E-state index contributed by atoms with van der Waals surface area (Å²) in [6.45, 7) is 2.77. The van der Waals surface area contributed by atoms with Gasteiger partial charge < -0.3 is 131 Å². The number of thioether (sulfide) groups is 1. The molecule has 726 valence electrons. The van der Waals surface area contributed by atoms with Crippen molar-refractivity contribution in [2.75, 3.05) is 79.0 Å². The van der Waals surface area contributed by atoms with Crippen LogP contribution in [-0.2, 0) is 106 Å². The summed E-state index contributed by atoms with van der Waals surface area (Å²) in [5.74, 6) is -19.1. The predicted molar refractivity (Wildman–Crippen MR) is 488 cm³/mol. The number of carboxylic acids is 2. The van der Waals surface area contributed by atoms with E-state index in [1.54, 1.807) is 92.1 Å². The highest BCUT2D eigenvalue weighted by molar-refractivity contribution is 8.00. The molecule has 44 heteroatoms. The van der Waals surface area contributed by atoms with Gasteiger partial charge in [-0.15, -0.1) is 11.8 Å². The number of nitrogens with two attached hydrogens (primary N) is 4. The van der Waals surface area contributed by atoms with Crippen molar-refractivity contribution in [3.8, 4) is 5.75 Å². The molecule has 3 aliphatic heterocycles. The second-order valence-electron chi connectivity index (χ2n) is 33.5. The number of likely N-dealkylation sites (N-methyl/N-ethyl adjacent to an activating group) is 3. The Hall–Kier alpha value is -12.8. The number of carbonyl (C=O) groups excluding carboxylic acids is 16. The molecule has 2 aromatic heterocycles. The van der Waals surface area contributed by atoms with E-state index in [1.807, 2.05) is 6.92 Å². The van der Waals surface area contributed by atoms with Crippen LogP contribution in [0.4, 0.5) is 0 Å². The van der Waals surface area contributed by atoms with Gasteiger partial charge in [0, 0.05) is 113 Å². The van der Waals surface area contributed by atoms with Gasteiger partial charge in [0.2, 0.25) is 94.5 Å². The van der Waals surface area contributed by atoms with Crippen molar-refractivity contribution in [1.82, 2.24) is 87.6 Å². The lowest BCUT2D eigenvalue weighted by Crippen LogP contribution is -2.61. The van der Waals surface area contributed by atoms with Gasteiger partial charge in [-0.05, 0) is 119 Å². The summed E-state index contributed by atoms with van der Waals surface area (Å²) in [7, 11) is 5.26. The van der Waals surface area contributed by atoms with Crippen LogP contribution in [0, 0.1) is 0 Å². The Balaban J connectivity index is 1.19. The highest BCUT2D eigenvalue weighted by Gasteiger charge is 2.47. The van der Waals surface area contributed by atoms with E-state index in [0.29, 0.717) is 69.9 Å². The van der Waals surface area contributed by atoms with Gasteiger partial charge in [-0.1, -0.05) is 88.1 Å². The fourth-order valence-corrected chi connectivity index (χ4v) is 17.2. The fraction of sp³-hybridized carbons (Fsp3) is 0.551. The number of aromatic amines is 2. The van der Waals surface area contributed by atoms with Gasteiger partial charge in [-0.3, -0.25) is 86.3 Å². The Labute approximate surface area is 773 Å². The van der Waals surface area contributed by atoms with E-state index >= 15 is 33.6 Å². The number of rotatable bonds is 28. The average Bonchev–Trinajstić information content (AvgIpc) is 1.73. The first-order valence-electron chi connectivity index (χ1n) is 44.7. The molecule has 5 heterocycles. The summed E-state index contributed by atoms with van der Waals surface area (Å²) in [6, 6.07) is -1.69. The molecule has 0 aliphatic carbocycles. The standard InChI is InChI=1S/C89H127N21O22S/c1-8-10-24-68-82(124)99-59(31-32-74(114)115)78(120)105-67(77(119)96-45-72(93)112)47-133-48-73(113)97-63(37-50-27-29-54(132-7)30-28-50)85(127)106(4)49(3)76(118)102-65(41-75(116)117)88(130)109-36-18-26-69(109)83(125)104-66(42-92)81(123)100-61(23-16-17-34-90)87(129)110-46-53(111)40-71(110)84(126)101-62(38-51-43-94-57-21-14-12-19-55(51)57)80(122)98-60(33-35-91)79(121)103-64(39-52-44-95-58-22-15-13-20-56(52)58)86(128)108(6)70(25-11-9-2)89(131)107(68)5/h12-15,19-22,27-30,43-44,49,53,59-71,94-95,111H,8-11,16-18,23-26,31-42,45-48,90-92H2,1-7H3,(H2,93,112)(H,96,119)(H,97,113)(H,98,122)(H,99,124)(H,100,123)(H,101,126)(H,102,118)(H,103,121)(H,104,125)(H,105,120)(H,114,115)(H,116,117)/t49-,53+,59-,60-,61-,62-,63-,64-,65+,66-,67-,68-,69-,70-,71-/m0/s1. The predicted octanol–water partition coefficient (Wildman–Crippen LogP) is -2.99. The monoisotopic (exact) mass is 1870 g/mol. The lowest BCUT2D eigenvalue weighted by Gasteiger charge is -2.36. The number of carbonyl (C=O) groups is 18. The van der Waals surface area contributed by atoms with Gasteiger partial charge in [0.25, 0.3) is 0 Å². The summed E-state index contributed by atoms with van der Waals surface area (Å²) in [5.41, 5.74) is 26.5. The minimum atomic E-state index is -1.90. The summed E-state index contributed by atoms with van der Waals surface area (Å²) in [4.78, 5) is 272. The number of fused-ring (bicyclic) bond motifs is 4. The number of H-pyrrole nitrogens is 2. The first-order chi connectivity index (χ1) is 63.4. The number of para-hydroxylation sites is 2. The Morgan fingerprint density at radius 2 is 1.04 bits per heavy atom. The van der Waals surface area contributed by atoms with E-state index < -0.39 is 254 Å². The van der Waals surface area contributed by atoms with Gasteiger partial charge in [0.05, 0.1) is 31.9 Å². The van der Waals surface area contributed by atoms with Crippen molar-refractivity contribution in [1.29, 1.82) is 0 Å². The molecule has 15 atom stereocenters. The highest BCUT2D eigenvalue weighted by atomic mass is 32.2. The van der Waals surface area contributed by atoms with Gasteiger partial charge >= 0.3 is 11.9 Å². The van der Waals surface area contributed by atoms with Crippen LogP contribution >= 0.6 is 11.8 Å². The van der Waals surface area contributed by atoms with Crippen LogP contribution in [0.15, 0.2) is 85.2 Å². The SMILES string of the molecule is CCCC[C@H]1C(=O)N(C)[C@@H](CCCC)C(=O)N[C@@H](CCC(=O)O)C(=O)N[C@H](C(=O)NCC(N)=O)CSCC(=O)N[C@@H](Cc2ccc(OC)cc2)C(=O)N(C)[C@@H](C)C(=O)N[C@H](CC(=O)O)C(=O)N2CCC[C@H]2C(=O)N[C@@H](CN)C(=O)N[C@@H](CCCCN)C(=O)N2C[C@H](O)C[C@H]2C(=O)N[C@@H](Cc2c[nH]c3ccccc23)C(=O)N[C@@H](CCN)C(=O)N[C@@H](Cc2c[nH]c3ccccc23)C(=O)N1C. The number of aromatic nitrogens is 2. The van der Waals surface area contributed by atoms with E-state index in [4.69, 9.17) is 27.7 Å². The first-order valence-corrected chi connectivity index (χ1v) is 45.8. The summed E-state index contributed by atoms with van der Waals surface area (Å²) in [6.07, 6.45) is -0.00588. The van der Waals surface area contributed by atoms with E-state index in [1.165, 1.54) is 35.2 Å². The van der Waals surface area contributed by atoms with Crippen molar-refractivity contribution in [3.05, 3.63) is 102 Å². The number of nitrogens with zero attached hydrogens (tertiary/aromatic N) is 5. The summed E-state index contributed by atoms with van der Waals surface area (Å²) < 4.78 is 5.32. The van der Waals surface area contributed by atoms with E-state index in [-0.39, 0.29) is 90.3 Å². The lowest BCUT2D eigenvalue weighted by molar-refractivity contribution is -0.149. The van der Waals surface area contributed by atoms with Gasteiger partial charge in [-0.2, -0.15) is 0 Å². The molecule has 3 saturated heterocycles. The van der Waals surface area contributed by atoms with Crippen LogP contribution in [-0.4, -0.2) is 326 Å². The quantitative estimate of drug-likeness (QED) is 0.0222. The number of aliphatic hydroxyl groups excluding tert-OH is 1. The van der Waals surface area contributed by atoms with Gasteiger partial charge in [0.1, 0.15) is 90.3 Å². The Morgan fingerprint density at radius 3 is 1.64 bits per heavy atom. The number of carboxylic acid groups (broad SMARTS) is 2. The Morgan fingerprint density at radius 1 is 0.511 bits per heavy atom. The molecule has 0 radical (unpaired) electrons. The van der Waals surface area contributed by atoms with Crippen LogP contribution < -0.4 is 80.8 Å². The molecule has 133 heavy (non-hydrogen) atoms. The highest BCUT2D eigenvalue weighted by Crippen LogP contribution is 2.28. The zero-order valence-electron chi connectivity index (χ0n) is 75.9. The van der Waals surface area contributed by atoms with E-state index in [9.17, 15) is 68.1 Å². The molecule has 43 nitrogen and oxygen atoms in total. The van der Waals surface area contributed by atoms with Crippen molar-refractivity contribution in [2.45, 2.75) is 233 Å². The maximum absolute atomic E-state index is 15.8. The van der Waals surface area contributed by atoms with Crippen LogP contribution in [0.25, 0.3) is 21.8 Å². The molecule has 5 aromatic rings. The summed E-state index contributed by atoms with van der Waals surface area (Å²) >= 11 is 0.719. The van der Waals surface area contributed by atoms with Crippen LogP contribution in [0.5, 0.6) is 5.75 Å². The molecule has 0 bridgehead atoms. The smallest absolute Gasteiger partial charge is 0.305 e. The molecule has 3 aliphatic rings. The maximum atomic E-state index is 15.8. The largest absolute Gasteiger partial charge is 0.497 e. The average molecular weight is 1880 g/mol. The molecule has 3 fully saturated rings. The van der Waals surface area contributed by atoms with E-state index in [2.05, 4.69) is 63.1 Å². The number of primary amides is 1. The third-order valence-corrected chi connectivity index (χ3v) is 25.0. The van der Waals surface area contributed by atoms with Crippen LogP contribution in [0.3, 0.4) is 0 Å². The van der Waals surface area contributed by atoms with Crippen molar-refractivity contribution in [3.63, 3.8) is 0 Å². The van der Waals surface area contributed by atoms with Crippen LogP contribution in [0.1, 0.15) is 140 Å². The first kappa shape index (κ1) is 106. The number of hydrogen-bond acceptors (Lipinski definition) is 24. The molecule has 8 rings (SSSR count). The number of unbranched alkanes of at least 4 members (excludes halogenated alkanes) is 3. The maximum Gasteiger partial charge on any atom is 0.305 e. The summed E-state index contributed by atoms with van der Waals surface area (Å²) in [5, 5.41) is 58.9. The zero-order chi connectivity index (χ0) is 97.4. The van der Waals surface area contributed by atoms with Gasteiger partial charge in [-0.25, -0.2) is 0 Å². The topological polar surface area (TPSA) is 649 Å². The molecule has 0 saturated carbocycles. The lowest BCUT2D eigenvalue weighted by atomic mass is 9.99. The molecule has 3 aromatic carbocycles. The normalized spacial score (nSPS) is 24.9. The molecule has 23 N–H and O–H groups in total. The van der Waals surface area contributed by atoms with Crippen molar-refractivity contribution < 1.29 is 106 Å². The van der Waals surface area contributed by atoms with Crippen molar-refractivity contribution in [2.24, 2.45) is 22.9 Å². The number of nitrogens with one attached hydrogen (secondary N) is 12. The molecular weight excluding hydrogens is 1750 g/mol. The van der Waals surface area contributed by atoms with E-state index in [0.717, 1.165) is 36.3 Å². The van der Waals surface area contributed by atoms with Gasteiger partial charge in [0.15, 0.2) is 0 Å². The number of aliphatic carboxylic acids is 2. The molecule has 0 unspecified atom stereocenters. The fourth-order valence-electron chi connectivity index (χ4n) is 16.3. The number of benzene rings is 3. The third kappa shape index (κ3) is 29.6. The number of aliphatic hydroxyl groups is 1. The number of methoxy groups -OCH3 is 1. The number of hydrogen-bond donors (Lipinski definition) is 19. The third-order valence-electron chi connectivity index (χ3n) is 23.9. The minimum absolute atomic E-state index is 0.0218. The molecule has 0 spiro atoms. The molecular formula is C89H127N21O22S. The second-order valence-corrected chi connectivity index (χ2v) is 34.6. The second kappa shape index (κ2) is 51.3. The zero-order valence-corrected chi connectivity index (χ0v) is 76.7. The Bertz CT molecular complexity index is 4960. The minimum Gasteiger partial charge on any atom is -0.497 e. The van der Waals surface area contributed by atoms with Crippen LogP contribution in [0.2, 0.25) is 0 Å². The van der Waals surface area contributed by atoms with Crippen molar-refractivity contribution >= 4 is 140 Å². The molecule has 16 amide bonds. The number of amides is 16. The number of ether oxygens (including phenoxy) is 1. The Kier molecular flexibility index (Phi) is 40.7.